The maximum atomic E-state index is 12.1. The maximum Gasteiger partial charge on any atom is 0.306 e. The molecule has 0 heterocycles. The Kier molecular flexibility index (Phi) is 31.1. The number of carbonyl (C=O) groups excluding carboxylic acids is 2. The third-order valence-corrected chi connectivity index (χ3v) is 7.56. The van der Waals surface area contributed by atoms with Crippen molar-refractivity contribution in [3.8, 4) is 0 Å². The third kappa shape index (κ3) is 29.6. The van der Waals surface area contributed by atoms with E-state index in [4.69, 9.17) is 9.47 Å². The first-order valence-corrected chi connectivity index (χ1v) is 17.2. The Morgan fingerprint density at radius 2 is 0.925 bits per heavy atom. The number of aliphatic hydroxyl groups is 1. The molecular formula is C35H66O5. The van der Waals surface area contributed by atoms with Gasteiger partial charge < -0.3 is 14.6 Å². The van der Waals surface area contributed by atoms with Crippen molar-refractivity contribution >= 4 is 11.9 Å². The second-order valence-corrected chi connectivity index (χ2v) is 11.6. The van der Waals surface area contributed by atoms with Gasteiger partial charge in [0.15, 0.2) is 6.10 Å². The predicted octanol–water partition coefficient (Wildman–Crippen LogP) is 10.2. The first-order chi connectivity index (χ1) is 19.6. The van der Waals surface area contributed by atoms with Crippen molar-refractivity contribution in [1.29, 1.82) is 0 Å². The van der Waals surface area contributed by atoms with Gasteiger partial charge in [0.2, 0.25) is 0 Å². The van der Waals surface area contributed by atoms with Crippen LogP contribution in [-0.2, 0) is 19.1 Å². The van der Waals surface area contributed by atoms with Crippen LogP contribution in [0.1, 0.15) is 181 Å². The molecule has 236 valence electrons. The molecule has 0 saturated heterocycles. The highest BCUT2D eigenvalue weighted by Crippen LogP contribution is 2.13. The van der Waals surface area contributed by atoms with E-state index < -0.39 is 6.10 Å². The molecule has 0 aromatic heterocycles. The quantitative estimate of drug-likeness (QED) is 0.0513. The lowest BCUT2D eigenvalue weighted by molar-refractivity contribution is -0.161. The first-order valence-electron chi connectivity index (χ1n) is 17.2. The standard InChI is InChI=1S/C35H66O5/c1-3-5-7-9-11-13-15-16-17-18-20-21-23-25-27-29-34(37)39-32-33(31-36)40-35(38)30-28-26-24-22-19-14-12-10-8-6-4-2/h16-17,33,36H,3-15,18-32H2,1-2H3. The lowest BCUT2D eigenvalue weighted by atomic mass is 10.1. The van der Waals surface area contributed by atoms with Crippen molar-refractivity contribution in [2.24, 2.45) is 0 Å². The zero-order valence-corrected chi connectivity index (χ0v) is 26.6. The Balaban J connectivity index is 3.57. The van der Waals surface area contributed by atoms with Gasteiger partial charge in [-0.05, 0) is 38.5 Å². The summed E-state index contributed by atoms with van der Waals surface area (Å²) in [7, 11) is 0. The van der Waals surface area contributed by atoms with Crippen LogP contribution in [0.15, 0.2) is 12.2 Å². The highest BCUT2D eigenvalue weighted by Gasteiger charge is 2.16. The fourth-order valence-electron chi connectivity index (χ4n) is 4.90. The van der Waals surface area contributed by atoms with Crippen molar-refractivity contribution in [2.45, 2.75) is 187 Å². The average molecular weight is 567 g/mol. The lowest BCUT2D eigenvalue weighted by Gasteiger charge is -2.15. The summed E-state index contributed by atoms with van der Waals surface area (Å²) in [5.41, 5.74) is 0. The number of carbonyl (C=O) groups is 2. The van der Waals surface area contributed by atoms with Gasteiger partial charge in [-0.2, -0.15) is 0 Å². The molecular weight excluding hydrogens is 500 g/mol. The summed E-state index contributed by atoms with van der Waals surface area (Å²) in [6, 6.07) is 0. The minimum Gasteiger partial charge on any atom is -0.462 e. The molecule has 0 aliphatic carbocycles. The fraction of sp³-hybridized carbons (Fsp3) is 0.886. The molecule has 0 bridgehead atoms. The van der Waals surface area contributed by atoms with Gasteiger partial charge in [-0.25, -0.2) is 0 Å². The van der Waals surface area contributed by atoms with Crippen molar-refractivity contribution < 1.29 is 24.2 Å². The van der Waals surface area contributed by atoms with Crippen LogP contribution in [0.2, 0.25) is 0 Å². The van der Waals surface area contributed by atoms with E-state index in [0.29, 0.717) is 12.8 Å². The number of allylic oxidation sites excluding steroid dienone is 2. The number of unbranched alkanes of at least 4 members (excludes halogenated alkanes) is 21. The molecule has 0 saturated carbocycles. The molecule has 0 aliphatic rings. The fourth-order valence-corrected chi connectivity index (χ4v) is 4.90. The van der Waals surface area contributed by atoms with Gasteiger partial charge in [-0.15, -0.1) is 0 Å². The van der Waals surface area contributed by atoms with Crippen LogP contribution >= 0.6 is 0 Å². The Labute approximate surface area is 248 Å². The zero-order chi connectivity index (χ0) is 29.4. The van der Waals surface area contributed by atoms with E-state index in [-0.39, 0.29) is 25.2 Å². The van der Waals surface area contributed by atoms with E-state index in [2.05, 4.69) is 26.0 Å². The number of aliphatic hydroxyl groups excluding tert-OH is 1. The summed E-state index contributed by atoms with van der Waals surface area (Å²) >= 11 is 0. The molecule has 0 radical (unpaired) electrons. The molecule has 5 heteroatoms. The summed E-state index contributed by atoms with van der Waals surface area (Å²) in [5.74, 6) is -0.597. The molecule has 1 atom stereocenters. The second-order valence-electron chi connectivity index (χ2n) is 11.6. The van der Waals surface area contributed by atoms with Gasteiger partial charge in [0.1, 0.15) is 6.61 Å². The molecule has 0 spiro atoms. The van der Waals surface area contributed by atoms with Crippen LogP contribution in [-0.4, -0.2) is 36.4 Å². The van der Waals surface area contributed by atoms with E-state index in [1.54, 1.807) is 0 Å². The molecule has 0 aromatic carbocycles. The first kappa shape index (κ1) is 38.6. The second kappa shape index (κ2) is 32.2. The third-order valence-electron chi connectivity index (χ3n) is 7.56. The highest BCUT2D eigenvalue weighted by molar-refractivity contribution is 5.70. The minimum atomic E-state index is -0.765. The monoisotopic (exact) mass is 566 g/mol. The lowest BCUT2D eigenvalue weighted by Crippen LogP contribution is -2.28. The van der Waals surface area contributed by atoms with Crippen LogP contribution in [0, 0.1) is 0 Å². The van der Waals surface area contributed by atoms with Crippen LogP contribution in [0.3, 0.4) is 0 Å². The zero-order valence-electron chi connectivity index (χ0n) is 26.6. The Hall–Kier alpha value is -1.36. The predicted molar refractivity (Wildman–Crippen MR) is 168 cm³/mol. The number of esters is 2. The van der Waals surface area contributed by atoms with Crippen LogP contribution in [0.25, 0.3) is 0 Å². The molecule has 0 aliphatic heterocycles. The maximum absolute atomic E-state index is 12.1. The van der Waals surface area contributed by atoms with Crippen LogP contribution in [0.5, 0.6) is 0 Å². The molecule has 40 heavy (non-hydrogen) atoms. The smallest absolute Gasteiger partial charge is 0.306 e. The van der Waals surface area contributed by atoms with E-state index in [1.807, 2.05) is 0 Å². The van der Waals surface area contributed by atoms with E-state index in [9.17, 15) is 14.7 Å². The van der Waals surface area contributed by atoms with Gasteiger partial charge in [-0.1, -0.05) is 142 Å². The van der Waals surface area contributed by atoms with E-state index >= 15 is 0 Å². The summed E-state index contributed by atoms with van der Waals surface area (Å²) in [5, 5.41) is 9.49. The molecule has 1 N–H and O–H groups in total. The minimum absolute atomic E-state index is 0.0651. The Morgan fingerprint density at radius 3 is 1.35 bits per heavy atom. The molecule has 0 rings (SSSR count). The Bertz CT molecular complexity index is 574. The van der Waals surface area contributed by atoms with Gasteiger partial charge in [0, 0.05) is 12.8 Å². The molecule has 0 fully saturated rings. The summed E-state index contributed by atoms with van der Waals surface area (Å²) in [4.78, 5) is 24.1. The summed E-state index contributed by atoms with van der Waals surface area (Å²) < 4.78 is 10.5. The highest BCUT2D eigenvalue weighted by atomic mass is 16.6. The average Bonchev–Trinajstić information content (AvgIpc) is 2.96. The number of rotatable bonds is 31. The SMILES string of the molecule is CCCCCCCCC=CCCCCCCCC(=O)OCC(CO)OC(=O)CCCCCCCCCCCCC. The van der Waals surface area contributed by atoms with E-state index in [0.717, 1.165) is 44.9 Å². The van der Waals surface area contributed by atoms with Crippen molar-refractivity contribution in [3.05, 3.63) is 12.2 Å². The van der Waals surface area contributed by atoms with Crippen molar-refractivity contribution in [2.75, 3.05) is 13.2 Å². The van der Waals surface area contributed by atoms with Gasteiger partial charge >= 0.3 is 11.9 Å². The van der Waals surface area contributed by atoms with Gasteiger partial charge in [0.05, 0.1) is 6.61 Å². The molecule has 0 amide bonds. The van der Waals surface area contributed by atoms with Gasteiger partial charge in [-0.3, -0.25) is 9.59 Å². The number of hydrogen-bond donors (Lipinski definition) is 1. The number of hydrogen-bond acceptors (Lipinski definition) is 5. The largest absolute Gasteiger partial charge is 0.462 e. The van der Waals surface area contributed by atoms with Crippen LogP contribution in [0.4, 0.5) is 0 Å². The Morgan fingerprint density at radius 1 is 0.550 bits per heavy atom. The molecule has 0 aromatic rings. The van der Waals surface area contributed by atoms with Crippen LogP contribution < -0.4 is 0 Å². The summed E-state index contributed by atoms with van der Waals surface area (Å²) in [6.45, 7) is 4.11. The van der Waals surface area contributed by atoms with E-state index in [1.165, 1.54) is 109 Å². The molecule has 1 unspecified atom stereocenters. The van der Waals surface area contributed by atoms with Crippen molar-refractivity contribution in [1.82, 2.24) is 0 Å². The number of ether oxygens (including phenoxy) is 2. The molecule has 5 nitrogen and oxygen atoms in total. The van der Waals surface area contributed by atoms with Crippen molar-refractivity contribution in [3.63, 3.8) is 0 Å². The van der Waals surface area contributed by atoms with Gasteiger partial charge in [0.25, 0.3) is 0 Å². The normalized spacial score (nSPS) is 12.2. The topological polar surface area (TPSA) is 72.8 Å². The summed E-state index contributed by atoms with van der Waals surface area (Å²) in [6.07, 6.45) is 34.0.